The molecule has 1 rings (SSSR count). The number of esters is 1. The van der Waals surface area contributed by atoms with Gasteiger partial charge in [0.15, 0.2) is 0 Å². The highest BCUT2D eigenvalue weighted by Crippen LogP contribution is 2.27. The van der Waals surface area contributed by atoms with Crippen LogP contribution < -0.4 is 0 Å². The maximum absolute atomic E-state index is 11.8. The smallest absolute Gasteiger partial charge is 0.313 e. The van der Waals surface area contributed by atoms with Crippen LogP contribution in [0.25, 0.3) is 0 Å². The van der Waals surface area contributed by atoms with E-state index >= 15 is 0 Å². The molecule has 0 heterocycles. The highest BCUT2D eigenvalue weighted by atomic mass is 16.5. The molecule has 88 valence electrons. The highest BCUT2D eigenvalue weighted by molar-refractivity contribution is 5.78. The molecule has 2 heteroatoms. The molecule has 0 N–H and O–H groups in total. The number of benzene rings is 1. The minimum Gasteiger partial charge on any atom is -0.469 e. The largest absolute Gasteiger partial charge is 0.469 e. The first-order valence-corrected chi connectivity index (χ1v) is 5.61. The summed E-state index contributed by atoms with van der Waals surface area (Å²) in [6.07, 6.45) is 0. The van der Waals surface area contributed by atoms with Crippen LogP contribution in [0.4, 0.5) is 0 Å². The molecule has 0 aliphatic rings. The molecule has 0 aliphatic carbocycles. The summed E-state index contributed by atoms with van der Waals surface area (Å²) in [6.45, 7) is 8.18. The predicted molar refractivity (Wildman–Crippen MR) is 65.5 cm³/mol. The molecule has 0 amide bonds. The second kappa shape index (κ2) is 5.15. The molecule has 0 saturated carbocycles. The first-order chi connectivity index (χ1) is 7.45. The number of ether oxygens (including phenoxy) is 1. The molecule has 0 bridgehead atoms. The van der Waals surface area contributed by atoms with Crippen LogP contribution in [0.3, 0.4) is 0 Å². The van der Waals surface area contributed by atoms with Gasteiger partial charge in [-0.25, -0.2) is 0 Å². The number of methoxy groups -OCH3 is 1. The van der Waals surface area contributed by atoms with Crippen molar-refractivity contribution in [2.24, 2.45) is 5.92 Å². The number of carbonyl (C=O) groups is 1. The van der Waals surface area contributed by atoms with Gasteiger partial charge in [-0.2, -0.15) is 0 Å². The van der Waals surface area contributed by atoms with Crippen molar-refractivity contribution >= 4 is 5.97 Å². The Kier molecular flexibility index (Phi) is 4.11. The molecule has 1 aromatic rings. The molecule has 0 saturated heterocycles. The Hall–Kier alpha value is -1.31. The van der Waals surface area contributed by atoms with E-state index in [1.807, 2.05) is 27.7 Å². The van der Waals surface area contributed by atoms with Gasteiger partial charge in [0.2, 0.25) is 0 Å². The number of rotatable bonds is 3. The summed E-state index contributed by atoms with van der Waals surface area (Å²) in [4.78, 5) is 11.8. The number of aryl methyl sites for hydroxylation is 2. The lowest BCUT2D eigenvalue weighted by Crippen LogP contribution is -2.19. The van der Waals surface area contributed by atoms with Crippen LogP contribution in [0.1, 0.15) is 36.5 Å². The molecular formula is C14H20O2. The van der Waals surface area contributed by atoms with E-state index < -0.39 is 0 Å². The van der Waals surface area contributed by atoms with E-state index in [0.717, 1.165) is 5.56 Å². The monoisotopic (exact) mass is 220 g/mol. The Morgan fingerprint density at radius 1 is 1.12 bits per heavy atom. The lowest BCUT2D eigenvalue weighted by Gasteiger charge is -2.19. The van der Waals surface area contributed by atoms with E-state index in [1.54, 1.807) is 0 Å². The lowest BCUT2D eigenvalue weighted by atomic mass is 9.87. The van der Waals surface area contributed by atoms with Crippen LogP contribution in [-0.2, 0) is 9.53 Å². The maximum atomic E-state index is 11.8. The van der Waals surface area contributed by atoms with E-state index in [9.17, 15) is 4.79 Å². The summed E-state index contributed by atoms with van der Waals surface area (Å²) in [6, 6.07) is 6.24. The highest BCUT2D eigenvalue weighted by Gasteiger charge is 2.25. The molecule has 0 radical (unpaired) electrons. The number of hydrogen-bond donors (Lipinski definition) is 0. The molecular weight excluding hydrogens is 200 g/mol. The Balaban J connectivity index is 3.15. The van der Waals surface area contributed by atoms with Crippen molar-refractivity contribution < 1.29 is 9.53 Å². The third-order valence-electron chi connectivity index (χ3n) is 2.72. The van der Waals surface area contributed by atoms with Crippen LogP contribution in [0.2, 0.25) is 0 Å². The molecule has 0 spiro atoms. The third kappa shape index (κ3) is 2.84. The Morgan fingerprint density at radius 2 is 1.62 bits per heavy atom. The average molecular weight is 220 g/mol. The molecule has 0 fully saturated rings. The summed E-state index contributed by atoms with van der Waals surface area (Å²) in [5.41, 5.74) is 3.42. The van der Waals surface area contributed by atoms with Crippen LogP contribution in [-0.4, -0.2) is 13.1 Å². The van der Waals surface area contributed by atoms with E-state index in [1.165, 1.54) is 18.2 Å². The minimum atomic E-state index is -0.163. The van der Waals surface area contributed by atoms with Gasteiger partial charge >= 0.3 is 5.97 Å². The quantitative estimate of drug-likeness (QED) is 0.731. The SMILES string of the molecule is COC(=O)C(c1cc(C)cc(C)c1)C(C)C. The van der Waals surface area contributed by atoms with Gasteiger partial charge in [0.1, 0.15) is 0 Å². The molecule has 16 heavy (non-hydrogen) atoms. The van der Waals surface area contributed by atoms with E-state index in [4.69, 9.17) is 4.74 Å². The lowest BCUT2D eigenvalue weighted by molar-refractivity contribution is -0.143. The van der Waals surface area contributed by atoms with E-state index in [0.29, 0.717) is 0 Å². The minimum absolute atomic E-state index is 0.153. The van der Waals surface area contributed by atoms with Crippen molar-refractivity contribution in [1.82, 2.24) is 0 Å². The summed E-state index contributed by atoms with van der Waals surface area (Å²) in [5, 5.41) is 0. The van der Waals surface area contributed by atoms with Gasteiger partial charge in [0, 0.05) is 0 Å². The Labute approximate surface area is 97.6 Å². The first-order valence-electron chi connectivity index (χ1n) is 5.61. The van der Waals surface area contributed by atoms with Crippen molar-refractivity contribution in [3.63, 3.8) is 0 Å². The molecule has 0 aromatic heterocycles. The van der Waals surface area contributed by atoms with Gasteiger partial charge in [-0.15, -0.1) is 0 Å². The second-order valence-corrected chi connectivity index (χ2v) is 4.67. The average Bonchev–Trinajstić information content (AvgIpc) is 2.15. The number of carbonyl (C=O) groups excluding carboxylic acids is 1. The van der Waals surface area contributed by atoms with E-state index in [-0.39, 0.29) is 17.8 Å². The Bertz CT molecular complexity index is 360. The van der Waals surface area contributed by atoms with Crippen molar-refractivity contribution in [2.75, 3.05) is 7.11 Å². The topological polar surface area (TPSA) is 26.3 Å². The number of hydrogen-bond acceptors (Lipinski definition) is 2. The molecule has 1 aromatic carbocycles. The zero-order chi connectivity index (χ0) is 12.3. The van der Waals surface area contributed by atoms with Gasteiger partial charge in [0.05, 0.1) is 13.0 Å². The van der Waals surface area contributed by atoms with Crippen LogP contribution >= 0.6 is 0 Å². The van der Waals surface area contributed by atoms with Gasteiger partial charge in [-0.3, -0.25) is 4.79 Å². The fourth-order valence-corrected chi connectivity index (χ4v) is 2.11. The summed E-state index contributed by atoms with van der Waals surface area (Å²) in [7, 11) is 1.44. The zero-order valence-electron chi connectivity index (χ0n) is 10.7. The van der Waals surface area contributed by atoms with Gasteiger partial charge in [-0.1, -0.05) is 43.2 Å². The fraction of sp³-hybridized carbons (Fsp3) is 0.500. The molecule has 1 unspecified atom stereocenters. The van der Waals surface area contributed by atoms with Gasteiger partial charge < -0.3 is 4.74 Å². The van der Waals surface area contributed by atoms with Crippen molar-refractivity contribution in [3.8, 4) is 0 Å². The summed E-state index contributed by atoms with van der Waals surface area (Å²) >= 11 is 0. The van der Waals surface area contributed by atoms with Gasteiger partial charge in [0.25, 0.3) is 0 Å². The summed E-state index contributed by atoms with van der Waals surface area (Å²) < 4.78 is 4.87. The van der Waals surface area contributed by atoms with Gasteiger partial charge in [-0.05, 0) is 25.3 Å². The normalized spacial score (nSPS) is 12.6. The third-order valence-corrected chi connectivity index (χ3v) is 2.72. The van der Waals surface area contributed by atoms with Crippen molar-refractivity contribution in [2.45, 2.75) is 33.6 Å². The van der Waals surface area contributed by atoms with Crippen LogP contribution in [0, 0.1) is 19.8 Å². The fourth-order valence-electron chi connectivity index (χ4n) is 2.11. The molecule has 2 nitrogen and oxygen atoms in total. The van der Waals surface area contributed by atoms with Crippen LogP contribution in [0.5, 0.6) is 0 Å². The summed E-state index contributed by atoms with van der Waals surface area (Å²) in [5.74, 6) is -0.0720. The second-order valence-electron chi connectivity index (χ2n) is 4.67. The predicted octanol–water partition coefficient (Wildman–Crippen LogP) is 3.22. The maximum Gasteiger partial charge on any atom is 0.313 e. The standard InChI is InChI=1S/C14H20O2/c1-9(2)13(14(15)16-5)12-7-10(3)6-11(4)8-12/h6-9,13H,1-5H3. The van der Waals surface area contributed by atoms with Crippen molar-refractivity contribution in [1.29, 1.82) is 0 Å². The Morgan fingerprint density at radius 3 is 2.00 bits per heavy atom. The first kappa shape index (κ1) is 12.8. The molecule has 0 aliphatic heterocycles. The van der Waals surface area contributed by atoms with Crippen LogP contribution in [0.15, 0.2) is 18.2 Å². The zero-order valence-corrected chi connectivity index (χ0v) is 10.7. The molecule has 1 atom stereocenters. The van der Waals surface area contributed by atoms with Crippen molar-refractivity contribution in [3.05, 3.63) is 34.9 Å². The van der Waals surface area contributed by atoms with E-state index in [2.05, 4.69) is 18.2 Å².